The van der Waals surface area contributed by atoms with Gasteiger partial charge in [-0.3, -0.25) is 0 Å². The molecule has 3 rings (SSSR count). The minimum Gasteiger partial charge on any atom is -0.496 e. The summed E-state index contributed by atoms with van der Waals surface area (Å²) in [6, 6.07) is 14.4. The van der Waals surface area contributed by atoms with Crippen LogP contribution in [0.1, 0.15) is 11.1 Å². The number of hydrogen-bond donors (Lipinski definition) is 0. The fraction of sp³-hybridized carbons (Fsp3) is 0.316. The van der Waals surface area contributed by atoms with Gasteiger partial charge < -0.3 is 9.64 Å². The minimum absolute atomic E-state index is 0.288. The Hall–Kier alpha value is -2.56. The molecule has 0 N–H and O–H groups in total. The lowest BCUT2D eigenvalue weighted by atomic mass is 10.2. The second-order valence-electron chi connectivity index (χ2n) is 6.18. The highest BCUT2D eigenvalue weighted by atomic mass is 32.2. The third-order valence-electron chi connectivity index (χ3n) is 4.58. The minimum atomic E-state index is -3.53. The molecule has 1 fully saturated rings. The number of aryl methyl sites for hydroxylation is 1. The van der Waals surface area contributed by atoms with Gasteiger partial charge in [0.2, 0.25) is 10.0 Å². The maximum Gasteiger partial charge on any atom is 0.243 e. The van der Waals surface area contributed by atoms with Crippen molar-refractivity contribution in [1.29, 1.82) is 5.26 Å². The van der Waals surface area contributed by atoms with E-state index in [1.165, 1.54) is 4.31 Å². The Labute approximate surface area is 154 Å². The van der Waals surface area contributed by atoms with Crippen LogP contribution in [0.25, 0.3) is 0 Å². The lowest BCUT2D eigenvalue weighted by Crippen LogP contribution is -2.48. The molecule has 0 aromatic heterocycles. The molecule has 7 heteroatoms. The standard InChI is InChI=1S/C19H21N3O3S/c1-15-12-18(6-7-19(15)25-2)26(23,24)22-10-8-21(9-11-22)17-5-3-4-16(13-17)14-20/h3-7,12-13H,8-11H2,1-2H3. The van der Waals surface area contributed by atoms with Gasteiger partial charge in [0, 0.05) is 31.9 Å². The molecule has 0 aliphatic carbocycles. The lowest BCUT2D eigenvalue weighted by molar-refractivity contribution is 0.384. The van der Waals surface area contributed by atoms with Crippen LogP contribution in [0.5, 0.6) is 5.75 Å². The summed E-state index contributed by atoms with van der Waals surface area (Å²) in [7, 11) is -1.96. The second kappa shape index (κ2) is 7.36. The first-order valence-corrected chi connectivity index (χ1v) is 9.79. The third kappa shape index (κ3) is 3.52. The molecule has 26 heavy (non-hydrogen) atoms. The topological polar surface area (TPSA) is 73.6 Å². The fourth-order valence-electron chi connectivity index (χ4n) is 3.12. The number of hydrogen-bond acceptors (Lipinski definition) is 5. The lowest BCUT2D eigenvalue weighted by Gasteiger charge is -2.35. The molecular weight excluding hydrogens is 350 g/mol. The molecule has 0 bridgehead atoms. The van der Waals surface area contributed by atoms with Gasteiger partial charge in [0.25, 0.3) is 0 Å². The summed E-state index contributed by atoms with van der Waals surface area (Å²) in [5, 5.41) is 9.03. The summed E-state index contributed by atoms with van der Waals surface area (Å²) >= 11 is 0. The van der Waals surface area contributed by atoms with Crippen molar-refractivity contribution in [2.75, 3.05) is 38.2 Å². The number of nitriles is 1. The van der Waals surface area contributed by atoms with Crippen molar-refractivity contribution in [2.45, 2.75) is 11.8 Å². The Morgan fingerprint density at radius 1 is 1.08 bits per heavy atom. The van der Waals surface area contributed by atoms with Gasteiger partial charge >= 0.3 is 0 Å². The molecule has 2 aromatic carbocycles. The Morgan fingerprint density at radius 3 is 2.42 bits per heavy atom. The Balaban J connectivity index is 1.74. The average Bonchev–Trinajstić information content (AvgIpc) is 2.68. The Kier molecular flexibility index (Phi) is 5.16. The molecule has 0 unspecified atom stereocenters. The van der Waals surface area contributed by atoms with Crippen LogP contribution < -0.4 is 9.64 Å². The molecule has 0 saturated carbocycles. The summed E-state index contributed by atoms with van der Waals surface area (Å²) in [6.45, 7) is 3.82. The predicted molar refractivity (Wildman–Crippen MR) is 99.9 cm³/mol. The van der Waals surface area contributed by atoms with Crippen LogP contribution >= 0.6 is 0 Å². The fourth-order valence-corrected chi connectivity index (χ4v) is 4.63. The van der Waals surface area contributed by atoms with Crippen molar-refractivity contribution in [2.24, 2.45) is 0 Å². The molecule has 1 heterocycles. The van der Waals surface area contributed by atoms with Crippen molar-refractivity contribution in [1.82, 2.24) is 4.31 Å². The van der Waals surface area contributed by atoms with Crippen LogP contribution in [0.2, 0.25) is 0 Å². The number of anilines is 1. The maximum atomic E-state index is 12.9. The van der Waals surface area contributed by atoms with E-state index in [1.54, 1.807) is 31.4 Å². The van der Waals surface area contributed by atoms with E-state index in [9.17, 15) is 8.42 Å². The van der Waals surface area contributed by atoms with Crippen LogP contribution in [0, 0.1) is 18.3 Å². The van der Waals surface area contributed by atoms with Gasteiger partial charge in [-0.05, 0) is 48.9 Å². The van der Waals surface area contributed by atoms with Crippen molar-refractivity contribution >= 4 is 15.7 Å². The van der Waals surface area contributed by atoms with Crippen LogP contribution in [0.3, 0.4) is 0 Å². The molecule has 1 aliphatic rings. The summed E-state index contributed by atoms with van der Waals surface area (Å²) in [5.74, 6) is 0.672. The maximum absolute atomic E-state index is 12.9. The summed E-state index contributed by atoms with van der Waals surface area (Å²) in [5.41, 5.74) is 2.34. The number of methoxy groups -OCH3 is 1. The molecular formula is C19H21N3O3S. The number of rotatable bonds is 4. The van der Waals surface area contributed by atoms with E-state index in [-0.39, 0.29) is 4.90 Å². The first-order valence-electron chi connectivity index (χ1n) is 8.35. The highest BCUT2D eigenvalue weighted by molar-refractivity contribution is 7.89. The van der Waals surface area contributed by atoms with Crippen molar-refractivity contribution in [3.8, 4) is 11.8 Å². The molecule has 0 radical (unpaired) electrons. The zero-order chi connectivity index (χ0) is 18.7. The van der Waals surface area contributed by atoms with E-state index >= 15 is 0 Å². The zero-order valence-electron chi connectivity index (χ0n) is 14.8. The highest BCUT2D eigenvalue weighted by Crippen LogP contribution is 2.25. The van der Waals surface area contributed by atoms with E-state index in [1.807, 2.05) is 25.1 Å². The smallest absolute Gasteiger partial charge is 0.243 e. The molecule has 2 aromatic rings. The molecule has 0 spiro atoms. The second-order valence-corrected chi connectivity index (χ2v) is 8.12. The number of ether oxygens (including phenoxy) is 1. The van der Waals surface area contributed by atoms with Crippen LogP contribution in [0.4, 0.5) is 5.69 Å². The molecule has 1 aliphatic heterocycles. The van der Waals surface area contributed by atoms with Gasteiger partial charge in [0.1, 0.15) is 5.75 Å². The third-order valence-corrected chi connectivity index (χ3v) is 6.48. The number of nitrogens with zero attached hydrogens (tertiary/aromatic N) is 3. The predicted octanol–water partition coefficient (Wildman–Crippen LogP) is 2.39. The molecule has 6 nitrogen and oxygen atoms in total. The van der Waals surface area contributed by atoms with Gasteiger partial charge in [0.15, 0.2) is 0 Å². The SMILES string of the molecule is COc1ccc(S(=O)(=O)N2CCN(c3cccc(C#N)c3)CC2)cc1C. The van der Waals surface area contributed by atoms with Crippen LogP contribution in [-0.4, -0.2) is 46.0 Å². The summed E-state index contributed by atoms with van der Waals surface area (Å²) < 4.78 is 32.5. The number of sulfonamides is 1. The van der Waals surface area contributed by atoms with Crippen molar-refractivity contribution < 1.29 is 13.2 Å². The Bertz CT molecular complexity index is 943. The average molecular weight is 371 g/mol. The van der Waals surface area contributed by atoms with Gasteiger partial charge in [-0.1, -0.05) is 6.07 Å². The summed E-state index contributed by atoms with van der Waals surface area (Å²) in [6.07, 6.45) is 0. The van der Waals surface area contributed by atoms with Crippen molar-refractivity contribution in [3.63, 3.8) is 0 Å². The van der Waals surface area contributed by atoms with E-state index < -0.39 is 10.0 Å². The van der Waals surface area contributed by atoms with E-state index in [2.05, 4.69) is 11.0 Å². The monoisotopic (exact) mass is 371 g/mol. The van der Waals surface area contributed by atoms with E-state index in [4.69, 9.17) is 10.00 Å². The molecule has 0 amide bonds. The molecule has 0 atom stereocenters. The van der Waals surface area contributed by atoms with Gasteiger partial charge in [-0.15, -0.1) is 0 Å². The van der Waals surface area contributed by atoms with E-state index in [0.717, 1.165) is 11.3 Å². The first-order chi connectivity index (χ1) is 12.5. The van der Waals surface area contributed by atoms with Crippen molar-refractivity contribution in [3.05, 3.63) is 53.6 Å². The van der Waals surface area contributed by atoms with Crippen LogP contribution in [-0.2, 0) is 10.0 Å². The number of piperazine rings is 1. The first kappa shape index (κ1) is 18.2. The highest BCUT2D eigenvalue weighted by Gasteiger charge is 2.29. The van der Waals surface area contributed by atoms with Crippen LogP contribution in [0.15, 0.2) is 47.4 Å². The normalized spacial score (nSPS) is 15.5. The largest absolute Gasteiger partial charge is 0.496 e. The zero-order valence-corrected chi connectivity index (χ0v) is 15.7. The Morgan fingerprint density at radius 2 is 1.81 bits per heavy atom. The molecule has 136 valence electrons. The number of benzene rings is 2. The summed E-state index contributed by atoms with van der Waals surface area (Å²) in [4.78, 5) is 2.39. The molecule has 1 saturated heterocycles. The van der Waals surface area contributed by atoms with Gasteiger partial charge in [0.05, 0.1) is 23.6 Å². The van der Waals surface area contributed by atoms with Gasteiger partial charge in [-0.25, -0.2) is 8.42 Å². The quantitative estimate of drug-likeness (QED) is 0.825. The van der Waals surface area contributed by atoms with Gasteiger partial charge in [-0.2, -0.15) is 9.57 Å². The van der Waals surface area contributed by atoms with E-state index in [0.29, 0.717) is 37.5 Å².